The maximum atomic E-state index is 12.6. The van der Waals surface area contributed by atoms with Crippen LogP contribution in [0.25, 0.3) is 0 Å². The number of nitrogens with two attached hydrogens (primary N) is 1. The van der Waals surface area contributed by atoms with Crippen molar-refractivity contribution in [3.8, 4) is 0 Å². The minimum absolute atomic E-state index is 0.116. The molecule has 2 N–H and O–H groups in total. The Morgan fingerprint density at radius 1 is 1.25 bits per heavy atom. The lowest BCUT2D eigenvalue weighted by Crippen LogP contribution is -2.39. The Morgan fingerprint density at radius 2 is 1.95 bits per heavy atom. The van der Waals surface area contributed by atoms with Crippen molar-refractivity contribution in [3.63, 3.8) is 0 Å². The molecule has 1 aliphatic heterocycles. The van der Waals surface area contributed by atoms with Crippen LogP contribution in [-0.4, -0.2) is 37.1 Å². The molecule has 1 saturated heterocycles. The van der Waals surface area contributed by atoms with Crippen molar-refractivity contribution < 1.29 is 9.53 Å². The second kappa shape index (κ2) is 8.02. The lowest BCUT2D eigenvalue weighted by molar-refractivity contribution is -0.139. The molecule has 20 heavy (non-hydrogen) atoms. The van der Waals surface area contributed by atoms with Gasteiger partial charge in [0, 0.05) is 32.2 Å². The molecule has 1 aromatic rings. The summed E-state index contributed by atoms with van der Waals surface area (Å²) in [4.78, 5) is 14.6. The summed E-state index contributed by atoms with van der Waals surface area (Å²) in [6.45, 7) is 3.43. The van der Waals surface area contributed by atoms with Crippen molar-refractivity contribution in [3.05, 3.63) is 35.9 Å². The van der Waals surface area contributed by atoms with Gasteiger partial charge in [-0.05, 0) is 31.4 Å². The molecule has 1 amide bonds. The number of nitrogens with zero attached hydrogens (tertiary/aromatic N) is 1. The molecule has 0 atom stereocenters. The van der Waals surface area contributed by atoms with Gasteiger partial charge >= 0.3 is 0 Å². The lowest BCUT2D eigenvalue weighted by atomic mass is 9.98. The van der Waals surface area contributed by atoms with E-state index in [0.717, 1.165) is 25.8 Å². The SMILES string of the molecule is NCCCN(Cc1ccccc1)C(=O)C1CCOCC1. The molecule has 0 saturated carbocycles. The summed E-state index contributed by atoms with van der Waals surface area (Å²) in [5.74, 6) is 0.371. The maximum absolute atomic E-state index is 12.6. The topological polar surface area (TPSA) is 55.6 Å². The Labute approximate surface area is 120 Å². The smallest absolute Gasteiger partial charge is 0.226 e. The zero-order valence-electron chi connectivity index (χ0n) is 12.0. The van der Waals surface area contributed by atoms with Crippen LogP contribution in [0.1, 0.15) is 24.8 Å². The average molecular weight is 276 g/mol. The third-order valence-electron chi connectivity index (χ3n) is 3.73. The number of hydrogen-bond donors (Lipinski definition) is 1. The van der Waals surface area contributed by atoms with Crippen molar-refractivity contribution in [2.24, 2.45) is 11.7 Å². The van der Waals surface area contributed by atoms with Crippen molar-refractivity contribution >= 4 is 5.91 Å². The molecule has 4 heteroatoms. The van der Waals surface area contributed by atoms with Gasteiger partial charge in [0.2, 0.25) is 5.91 Å². The highest BCUT2D eigenvalue weighted by Crippen LogP contribution is 2.19. The fraction of sp³-hybridized carbons (Fsp3) is 0.562. The van der Waals surface area contributed by atoms with Crippen LogP contribution in [0, 0.1) is 5.92 Å². The monoisotopic (exact) mass is 276 g/mol. The zero-order chi connectivity index (χ0) is 14.2. The Hall–Kier alpha value is -1.39. The molecule has 0 spiro atoms. The summed E-state index contributed by atoms with van der Waals surface area (Å²) in [7, 11) is 0. The van der Waals surface area contributed by atoms with Crippen molar-refractivity contribution in [2.45, 2.75) is 25.8 Å². The summed E-state index contributed by atoms with van der Waals surface area (Å²) in [5, 5.41) is 0. The van der Waals surface area contributed by atoms with Gasteiger partial charge in [0.25, 0.3) is 0 Å². The van der Waals surface area contributed by atoms with E-state index in [-0.39, 0.29) is 11.8 Å². The Kier molecular flexibility index (Phi) is 6.02. The van der Waals surface area contributed by atoms with Gasteiger partial charge in [-0.3, -0.25) is 4.79 Å². The Bertz CT molecular complexity index is 402. The minimum atomic E-state index is 0.116. The molecule has 0 aromatic heterocycles. The van der Waals surface area contributed by atoms with Gasteiger partial charge in [-0.2, -0.15) is 0 Å². The molecule has 0 bridgehead atoms. The highest BCUT2D eigenvalue weighted by Gasteiger charge is 2.26. The first-order chi connectivity index (χ1) is 9.81. The minimum Gasteiger partial charge on any atom is -0.381 e. The maximum Gasteiger partial charge on any atom is 0.226 e. The van der Waals surface area contributed by atoms with Gasteiger partial charge in [0.1, 0.15) is 0 Å². The third kappa shape index (κ3) is 4.32. The van der Waals surface area contributed by atoms with Gasteiger partial charge in [0.05, 0.1) is 0 Å². The molecule has 0 unspecified atom stereocenters. The highest BCUT2D eigenvalue weighted by molar-refractivity contribution is 5.79. The fourth-order valence-corrected chi connectivity index (χ4v) is 2.56. The predicted molar refractivity (Wildman–Crippen MR) is 79.1 cm³/mol. The quantitative estimate of drug-likeness (QED) is 0.862. The fourth-order valence-electron chi connectivity index (χ4n) is 2.56. The van der Waals surface area contributed by atoms with E-state index < -0.39 is 0 Å². The predicted octanol–water partition coefficient (Wildman–Crippen LogP) is 1.79. The first kappa shape index (κ1) is 15.0. The van der Waals surface area contributed by atoms with Crippen LogP contribution in [0.2, 0.25) is 0 Å². The van der Waals surface area contributed by atoms with Gasteiger partial charge < -0.3 is 15.4 Å². The summed E-state index contributed by atoms with van der Waals surface area (Å²) < 4.78 is 5.34. The Balaban J connectivity index is 2.00. The molecular formula is C16H24N2O2. The number of benzene rings is 1. The largest absolute Gasteiger partial charge is 0.381 e. The molecule has 1 aliphatic rings. The lowest BCUT2D eigenvalue weighted by Gasteiger charge is -2.29. The van der Waals surface area contributed by atoms with Gasteiger partial charge in [-0.1, -0.05) is 30.3 Å². The molecule has 4 nitrogen and oxygen atoms in total. The molecule has 2 rings (SSSR count). The Morgan fingerprint density at radius 3 is 2.60 bits per heavy atom. The van der Waals surface area contributed by atoms with Crippen molar-refractivity contribution in [2.75, 3.05) is 26.3 Å². The molecule has 0 aliphatic carbocycles. The second-order valence-electron chi connectivity index (χ2n) is 5.27. The van der Waals surface area contributed by atoms with Crippen LogP contribution in [0.3, 0.4) is 0 Å². The van der Waals surface area contributed by atoms with E-state index in [0.29, 0.717) is 26.3 Å². The van der Waals surface area contributed by atoms with E-state index >= 15 is 0 Å². The number of hydrogen-bond acceptors (Lipinski definition) is 3. The third-order valence-corrected chi connectivity index (χ3v) is 3.73. The summed E-state index contributed by atoms with van der Waals surface area (Å²) in [6.07, 6.45) is 2.53. The van der Waals surface area contributed by atoms with E-state index in [2.05, 4.69) is 12.1 Å². The molecule has 1 heterocycles. The molecule has 0 radical (unpaired) electrons. The van der Waals surface area contributed by atoms with Crippen molar-refractivity contribution in [1.29, 1.82) is 0 Å². The van der Waals surface area contributed by atoms with E-state index in [4.69, 9.17) is 10.5 Å². The van der Waals surface area contributed by atoms with Gasteiger partial charge in [0.15, 0.2) is 0 Å². The first-order valence-electron chi connectivity index (χ1n) is 7.42. The van der Waals surface area contributed by atoms with Crippen LogP contribution in [0.15, 0.2) is 30.3 Å². The molecule has 1 aromatic carbocycles. The highest BCUT2D eigenvalue weighted by atomic mass is 16.5. The van der Waals surface area contributed by atoms with E-state index in [9.17, 15) is 4.79 Å². The number of rotatable bonds is 6. The van der Waals surface area contributed by atoms with Gasteiger partial charge in [-0.15, -0.1) is 0 Å². The molecule has 1 fully saturated rings. The normalized spacial score (nSPS) is 16.1. The van der Waals surface area contributed by atoms with E-state index in [1.54, 1.807) is 0 Å². The first-order valence-corrected chi connectivity index (χ1v) is 7.42. The van der Waals surface area contributed by atoms with E-state index in [1.807, 2.05) is 23.1 Å². The van der Waals surface area contributed by atoms with Crippen LogP contribution >= 0.6 is 0 Å². The summed E-state index contributed by atoms with van der Waals surface area (Å²) in [6, 6.07) is 10.1. The van der Waals surface area contributed by atoms with Crippen LogP contribution in [0.4, 0.5) is 0 Å². The van der Waals surface area contributed by atoms with Crippen LogP contribution < -0.4 is 5.73 Å². The number of carbonyl (C=O) groups is 1. The second-order valence-corrected chi connectivity index (χ2v) is 5.27. The number of carbonyl (C=O) groups excluding carboxylic acids is 1. The number of amides is 1. The zero-order valence-corrected chi connectivity index (χ0v) is 12.0. The van der Waals surface area contributed by atoms with Crippen LogP contribution in [0.5, 0.6) is 0 Å². The van der Waals surface area contributed by atoms with Crippen LogP contribution in [-0.2, 0) is 16.1 Å². The van der Waals surface area contributed by atoms with Crippen molar-refractivity contribution in [1.82, 2.24) is 4.90 Å². The number of ether oxygens (including phenoxy) is 1. The summed E-state index contributed by atoms with van der Waals surface area (Å²) >= 11 is 0. The molecular weight excluding hydrogens is 252 g/mol. The average Bonchev–Trinajstić information content (AvgIpc) is 2.52. The molecule has 110 valence electrons. The van der Waals surface area contributed by atoms with Gasteiger partial charge in [-0.25, -0.2) is 0 Å². The standard InChI is InChI=1S/C16H24N2O2/c17-9-4-10-18(13-14-5-2-1-3-6-14)16(19)15-7-11-20-12-8-15/h1-3,5-6,15H,4,7-13,17H2. The van der Waals surface area contributed by atoms with E-state index in [1.165, 1.54) is 5.56 Å². The summed E-state index contributed by atoms with van der Waals surface area (Å²) in [5.41, 5.74) is 6.76.